The van der Waals surface area contributed by atoms with Gasteiger partial charge in [-0.15, -0.1) is 0 Å². The molecule has 0 aliphatic carbocycles. The summed E-state index contributed by atoms with van der Waals surface area (Å²) < 4.78 is 0. The molecule has 3 aromatic carbocycles. The number of carbonyl (C=O) groups is 1. The van der Waals surface area contributed by atoms with Crippen LogP contribution in [0.1, 0.15) is 15.9 Å². The second kappa shape index (κ2) is 4.19. The minimum atomic E-state index is -0.135. The molecule has 3 nitrogen and oxygen atoms in total. The highest BCUT2D eigenvalue weighted by Crippen LogP contribution is 2.42. The molecule has 3 aromatic rings. The van der Waals surface area contributed by atoms with E-state index in [4.69, 9.17) is 0 Å². The van der Waals surface area contributed by atoms with Crippen LogP contribution in [0.2, 0.25) is 0 Å². The van der Waals surface area contributed by atoms with E-state index in [2.05, 4.69) is 6.07 Å². The number of carbonyl (C=O) groups excluding carboxylic acids is 1. The second-order valence-electron chi connectivity index (χ2n) is 4.95. The molecule has 0 atom stereocenters. The Labute approximate surface area is 121 Å². The second-order valence-corrected chi connectivity index (χ2v) is 4.95. The largest absolute Gasteiger partial charge is 0.276 e. The molecule has 1 aliphatic rings. The SMILES string of the molecule is N#Cc1ccc2cccc3c2c1C(=O)N3c1ccccc1. The highest BCUT2D eigenvalue weighted by Gasteiger charge is 2.33. The fourth-order valence-electron chi connectivity index (χ4n) is 2.92. The van der Waals surface area contributed by atoms with Crippen LogP contribution in [-0.4, -0.2) is 5.91 Å². The van der Waals surface area contributed by atoms with Gasteiger partial charge in [0.2, 0.25) is 0 Å². The Hall–Kier alpha value is -3.12. The standard InChI is InChI=1S/C18H10N2O/c19-11-13-10-9-12-5-4-8-15-16(12)17(13)18(21)20(15)14-6-2-1-3-7-14/h1-10H. The quantitative estimate of drug-likeness (QED) is 0.670. The highest BCUT2D eigenvalue weighted by molar-refractivity contribution is 6.28. The number of rotatable bonds is 1. The molecule has 1 aliphatic heterocycles. The van der Waals surface area contributed by atoms with E-state index in [1.54, 1.807) is 11.0 Å². The third kappa shape index (κ3) is 1.50. The topological polar surface area (TPSA) is 44.1 Å². The Bertz CT molecular complexity index is 923. The summed E-state index contributed by atoms with van der Waals surface area (Å²) >= 11 is 0. The number of amides is 1. The summed E-state index contributed by atoms with van der Waals surface area (Å²) in [6, 6.07) is 21.1. The molecular formula is C18H10N2O. The minimum absolute atomic E-state index is 0.135. The summed E-state index contributed by atoms with van der Waals surface area (Å²) in [6.45, 7) is 0. The van der Waals surface area contributed by atoms with Crippen molar-refractivity contribution in [2.75, 3.05) is 4.90 Å². The van der Waals surface area contributed by atoms with E-state index in [9.17, 15) is 10.1 Å². The van der Waals surface area contributed by atoms with Gasteiger partial charge < -0.3 is 0 Å². The third-order valence-electron chi connectivity index (χ3n) is 3.82. The average Bonchev–Trinajstić information content (AvgIpc) is 2.84. The van der Waals surface area contributed by atoms with E-state index in [1.807, 2.05) is 54.6 Å². The first-order chi connectivity index (χ1) is 10.3. The van der Waals surface area contributed by atoms with Crippen molar-refractivity contribution in [3.05, 3.63) is 71.8 Å². The lowest BCUT2D eigenvalue weighted by Crippen LogP contribution is -2.21. The summed E-state index contributed by atoms with van der Waals surface area (Å²) in [5, 5.41) is 11.1. The first-order valence-corrected chi connectivity index (χ1v) is 6.66. The van der Waals surface area contributed by atoms with Crippen molar-refractivity contribution < 1.29 is 4.79 Å². The first kappa shape index (κ1) is 11.7. The van der Waals surface area contributed by atoms with Crippen LogP contribution in [0.5, 0.6) is 0 Å². The minimum Gasteiger partial charge on any atom is -0.276 e. The average molecular weight is 270 g/mol. The van der Waals surface area contributed by atoms with Gasteiger partial charge in [0.05, 0.1) is 22.9 Å². The fourth-order valence-corrected chi connectivity index (χ4v) is 2.92. The lowest BCUT2D eigenvalue weighted by Gasteiger charge is -2.17. The Morgan fingerprint density at radius 1 is 0.905 bits per heavy atom. The van der Waals surface area contributed by atoms with Gasteiger partial charge in [0.15, 0.2) is 0 Å². The summed E-state index contributed by atoms with van der Waals surface area (Å²) in [6.07, 6.45) is 0. The number of hydrogen-bond acceptors (Lipinski definition) is 2. The van der Waals surface area contributed by atoms with Gasteiger partial charge in [0, 0.05) is 11.1 Å². The number of hydrogen-bond donors (Lipinski definition) is 0. The van der Waals surface area contributed by atoms with Crippen LogP contribution in [-0.2, 0) is 0 Å². The molecule has 0 saturated heterocycles. The van der Waals surface area contributed by atoms with E-state index in [1.165, 1.54) is 0 Å². The third-order valence-corrected chi connectivity index (χ3v) is 3.82. The van der Waals surface area contributed by atoms with Crippen molar-refractivity contribution in [1.29, 1.82) is 5.26 Å². The van der Waals surface area contributed by atoms with Gasteiger partial charge in [-0.25, -0.2) is 0 Å². The zero-order valence-electron chi connectivity index (χ0n) is 11.1. The maximum atomic E-state index is 12.8. The summed E-state index contributed by atoms with van der Waals surface area (Å²) in [5.74, 6) is -0.135. The van der Waals surface area contributed by atoms with Crippen molar-refractivity contribution in [2.24, 2.45) is 0 Å². The number of para-hydroxylation sites is 1. The van der Waals surface area contributed by atoms with Gasteiger partial charge in [-0.1, -0.05) is 36.4 Å². The van der Waals surface area contributed by atoms with Crippen LogP contribution in [0, 0.1) is 11.3 Å². The normalized spacial score (nSPS) is 12.7. The van der Waals surface area contributed by atoms with Crippen molar-refractivity contribution >= 4 is 28.1 Å². The Morgan fingerprint density at radius 2 is 1.71 bits per heavy atom. The molecule has 21 heavy (non-hydrogen) atoms. The Balaban J connectivity index is 2.08. The molecule has 98 valence electrons. The van der Waals surface area contributed by atoms with Gasteiger partial charge in [0.25, 0.3) is 5.91 Å². The van der Waals surface area contributed by atoms with Crippen LogP contribution in [0.3, 0.4) is 0 Å². The predicted octanol–water partition coefficient (Wildman–Crippen LogP) is 4.00. The van der Waals surface area contributed by atoms with Crippen LogP contribution < -0.4 is 4.90 Å². The summed E-state index contributed by atoms with van der Waals surface area (Å²) in [5.41, 5.74) is 2.60. The van der Waals surface area contributed by atoms with E-state index in [-0.39, 0.29) is 5.91 Å². The van der Waals surface area contributed by atoms with Gasteiger partial charge in [-0.05, 0) is 29.7 Å². The molecule has 0 radical (unpaired) electrons. The molecule has 1 heterocycles. The molecular weight excluding hydrogens is 260 g/mol. The molecule has 0 bridgehead atoms. The summed E-state index contributed by atoms with van der Waals surface area (Å²) in [4.78, 5) is 14.5. The van der Waals surface area contributed by atoms with Crippen LogP contribution in [0.25, 0.3) is 10.8 Å². The molecule has 0 aromatic heterocycles. The monoisotopic (exact) mass is 270 g/mol. The van der Waals surface area contributed by atoms with Gasteiger partial charge >= 0.3 is 0 Å². The van der Waals surface area contributed by atoms with Crippen molar-refractivity contribution in [1.82, 2.24) is 0 Å². The Kier molecular flexibility index (Phi) is 2.33. The smallest absolute Gasteiger partial charge is 0.264 e. The maximum absolute atomic E-state index is 12.8. The van der Waals surface area contributed by atoms with E-state index < -0.39 is 0 Å². The van der Waals surface area contributed by atoms with Gasteiger partial charge in [-0.3, -0.25) is 9.69 Å². The molecule has 1 amide bonds. The molecule has 0 spiro atoms. The van der Waals surface area contributed by atoms with E-state index >= 15 is 0 Å². The number of benzene rings is 3. The zero-order chi connectivity index (χ0) is 14.4. The van der Waals surface area contributed by atoms with Gasteiger partial charge in [0.1, 0.15) is 0 Å². The van der Waals surface area contributed by atoms with E-state index in [0.29, 0.717) is 11.1 Å². The summed E-state index contributed by atoms with van der Waals surface area (Å²) in [7, 11) is 0. The van der Waals surface area contributed by atoms with Crippen molar-refractivity contribution in [2.45, 2.75) is 0 Å². The van der Waals surface area contributed by atoms with Crippen LogP contribution in [0.15, 0.2) is 60.7 Å². The first-order valence-electron chi connectivity index (χ1n) is 6.66. The highest BCUT2D eigenvalue weighted by atomic mass is 16.2. The lowest BCUT2D eigenvalue weighted by atomic mass is 10.0. The lowest BCUT2D eigenvalue weighted by molar-refractivity contribution is 0.100. The van der Waals surface area contributed by atoms with Crippen LogP contribution >= 0.6 is 0 Å². The maximum Gasteiger partial charge on any atom is 0.264 e. The van der Waals surface area contributed by atoms with Crippen LogP contribution in [0.4, 0.5) is 11.4 Å². The molecule has 0 saturated carbocycles. The molecule has 0 fully saturated rings. The molecule has 0 N–H and O–H groups in total. The van der Waals surface area contributed by atoms with Gasteiger partial charge in [-0.2, -0.15) is 5.26 Å². The van der Waals surface area contributed by atoms with Crippen molar-refractivity contribution in [3.8, 4) is 6.07 Å². The van der Waals surface area contributed by atoms with Crippen molar-refractivity contribution in [3.63, 3.8) is 0 Å². The number of nitrogens with zero attached hydrogens (tertiary/aromatic N) is 2. The molecule has 0 unspecified atom stereocenters. The number of nitriles is 1. The Morgan fingerprint density at radius 3 is 2.48 bits per heavy atom. The fraction of sp³-hybridized carbons (Fsp3) is 0. The predicted molar refractivity (Wildman–Crippen MR) is 81.6 cm³/mol. The molecule has 3 heteroatoms. The van der Waals surface area contributed by atoms with E-state index in [0.717, 1.165) is 22.1 Å². The number of anilines is 2. The zero-order valence-corrected chi connectivity index (χ0v) is 11.1. The molecule has 4 rings (SSSR count).